The third-order valence-corrected chi connectivity index (χ3v) is 3.85. The fourth-order valence-corrected chi connectivity index (χ4v) is 2.06. The molecule has 0 aliphatic heterocycles. The predicted molar refractivity (Wildman–Crippen MR) is 77.9 cm³/mol. The monoisotopic (exact) mass is 287 g/mol. The third kappa shape index (κ3) is 3.28. The van der Waals surface area contributed by atoms with Gasteiger partial charge in [0.05, 0.1) is 30.1 Å². The van der Waals surface area contributed by atoms with Gasteiger partial charge in [-0.15, -0.1) is 0 Å². The molecule has 1 aromatic rings. The van der Waals surface area contributed by atoms with Crippen LogP contribution in [0.25, 0.3) is 0 Å². The van der Waals surface area contributed by atoms with Crippen molar-refractivity contribution in [2.24, 2.45) is 0 Å². The SMILES string of the molecule is CCC(CC)(CO)Nc1cnn(C(C)C)c(=O)c1Cl. The number of hydrogen-bond acceptors (Lipinski definition) is 4. The lowest BCUT2D eigenvalue weighted by molar-refractivity contribution is 0.202. The predicted octanol–water partition coefficient (Wildman–Crippen LogP) is 2.44. The van der Waals surface area contributed by atoms with E-state index in [1.54, 1.807) is 6.20 Å². The number of aromatic nitrogens is 2. The Morgan fingerprint density at radius 1 is 1.47 bits per heavy atom. The molecule has 0 aliphatic rings. The molecule has 0 radical (unpaired) electrons. The lowest BCUT2D eigenvalue weighted by Gasteiger charge is -2.32. The Kier molecular flexibility index (Phi) is 5.38. The maximum atomic E-state index is 12.0. The van der Waals surface area contributed by atoms with Crippen molar-refractivity contribution in [3.63, 3.8) is 0 Å². The summed E-state index contributed by atoms with van der Waals surface area (Å²) in [5.74, 6) is 0. The topological polar surface area (TPSA) is 67.2 Å². The van der Waals surface area contributed by atoms with Crippen LogP contribution in [-0.2, 0) is 0 Å². The van der Waals surface area contributed by atoms with E-state index in [9.17, 15) is 9.90 Å². The van der Waals surface area contributed by atoms with Crippen LogP contribution < -0.4 is 10.9 Å². The smallest absolute Gasteiger partial charge is 0.287 e. The molecule has 108 valence electrons. The van der Waals surface area contributed by atoms with Crippen molar-refractivity contribution in [1.82, 2.24) is 9.78 Å². The van der Waals surface area contributed by atoms with Crippen LogP contribution in [0.15, 0.2) is 11.0 Å². The summed E-state index contributed by atoms with van der Waals surface area (Å²) in [5, 5.41) is 16.9. The standard InChI is InChI=1S/C13H22ClN3O2/c1-5-13(6-2,8-18)16-10-7-15-17(9(3)4)12(19)11(10)14/h7,9,16,18H,5-6,8H2,1-4H3. The maximum absolute atomic E-state index is 12.0. The summed E-state index contributed by atoms with van der Waals surface area (Å²) in [5.41, 5.74) is -0.316. The van der Waals surface area contributed by atoms with Gasteiger partial charge in [0.25, 0.3) is 5.56 Å². The molecule has 19 heavy (non-hydrogen) atoms. The number of hydrogen-bond donors (Lipinski definition) is 2. The first-order valence-electron chi connectivity index (χ1n) is 6.57. The van der Waals surface area contributed by atoms with Gasteiger partial charge in [-0.1, -0.05) is 25.4 Å². The van der Waals surface area contributed by atoms with Crippen LogP contribution in [0.3, 0.4) is 0 Å². The molecule has 1 heterocycles. The number of aliphatic hydroxyl groups excluding tert-OH is 1. The molecule has 0 saturated heterocycles. The van der Waals surface area contributed by atoms with Gasteiger partial charge in [0.1, 0.15) is 5.02 Å². The van der Waals surface area contributed by atoms with E-state index in [4.69, 9.17) is 11.6 Å². The summed E-state index contributed by atoms with van der Waals surface area (Å²) in [7, 11) is 0. The summed E-state index contributed by atoms with van der Waals surface area (Å²) in [6, 6.07) is -0.0426. The lowest BCUT2D eigenvalue weighted by Crippen LogP contribution is -2.41. The van der Waals surface area contributed by atoms with E-state index < -0.39 is 5.54 Å². The number of nitrogens with zero attached hydrogens (tertiary/aromatic N) is 2. The van der Waals surface area contributed by atoms with E-state index in [2.05, 4.69) is 10.4 Å². The molecule has 0 bridgehead atoms. The van der Waals surface area contributed by atoms with E-state index in [0.717, 1.165) is 12.8 Å². The largest absolute Gasteiger partial charge is 0.394 e. The molecule has 6 heteroatoms. The molecule has 5 nitrogen and oxygen atoms in total. The third-order valence-electron chi connectivity index (χ3n) is 3.49. The van der Waals surface area contributed by atoms with E-state index in [1.807, 2.05) is 27.7 Å². The summed E-state index contributed by atoms with van der Waals surface area (Å²) >= 11 is 6.10. The molecule has 0 unspecified atom stereocenters. The van der Waals surface area contributed by atoms with Crippen LogP contribution in [0.1, 0.15) is 46.6 Å². The molecular weight excluding hydrogens is 266 g/mol. The minimum atomic E-state index is -0.470. The van der Waals surface area contributed by atoms with Crippen LogP contribution in [-0.4, -0.2) is 27.0 Å². The van der Waals surface area contributed by atoms with Crippen molar-refractivity contribution < 1.29 is 5.11 Å². The number of aliphatic hydroxyl groups is 1. The second kappa shape index (κ2) is 6.39. The second-order valence-corrected chi connectivity index (χ2v) is 5.36. The van der Waals surface area contributed by atoms with Crippen molar-refractivity contribution in [2.45, 2.75) is 52.1 Å². The highest BCUT2D eigenvalue weighted by Gasteiger charge is 2.26. The average molecular weight is 288 g/mol. The van der Waals surface area contributed by atoms with Gasteiger partial charge in [-0.3, -0.25) is 4.79 Å². The Balaban J connectivity index is 3.17. The Morgan fingerprint density at radius 3 is 2.47 bits per heavy atom. The Bertz CT molecular complexity index is 473. The van der Waals surface area contributed by atoms with Gasteiger partial charge in [0.15, 0.2) is 0 Å². The van der Waals surface area contributed by atoms with Crippen LogP contribution in [0.2, 0.25) is 5.02 Å². The molecule has 0 aromatic carbocycles. The highest BCUT2D eigenvalue weighted by Crippen LogP contribution is 2.25. The molecule has 2 N–H and O–H groups in total. The van der Waals surface area contributed by atoms with Crippen LogP contribution >= 0.6 is 11.6 Å². The van der Waals surface area contributed by atoms with E-state index in [0.29, 0.717) is 5.69 Å². The number of halogens is 1. The van der Waals surface area contributed by atoms with Gasteiger partial charge >= 0.3 is 0 Å². The zero-order valence-electron chi connectivity index (χ0n) is 11.9. The number of nitrogens with one attached hydrogen (secondary N) is 1. The number of rotatable bonds is 6. The van der Waals surface area contributed by atoms with Crippen molar-refractivity contribution in [1.29, 1.82) is 0 Å². The fourth-order valence-electron chi connectivity index (χ4n) is 1.88. The summed E-state index contributed by atoms with van der Waals surface area (Å²) in [6.07, 6.45) is 2.99. The van der Waals surface area contributed by atoms with Gasteiger partial charge in [-0.2, -0.15) is 5.10 Å². The fraction of sp³-hybridized carbons (Fsp3) is 0.692. The Hall–Kier alpha value is -1.07. The van der Waals surface area contributed by atoms with Gasteiger partial charge in [0, 0.05) is 0 Å². The van der Waals surface area contributed by atoms with E-state index in [-0.39, 0.29) is 23.2 Å². The second-order valence-electron chi connectivity index (χ2n) is 4.99. The first-order valence-corrected chi connectivity index (χ1v) is 6.95. The Morgan fingerprint density at radius 2 is 2.05 bits per heavy atom. The summed E-state index contributed by atoms with van der Waals surface area (Å²) in [6.45, 7) is 7.66. The molecule has 0 spiro atoms. The molecule has 1 rings (SSSR count). The minimum absolute atomic E-state index is 0.0242. The normalized spacial score (nSPS) is 11.9. The molecular formula is C13H22ClN3O2. The van der Waals surface area contributed by atoms with Crippen LogP contribution in [0, 0.1) is 0 Å². The molecule has 0 saturated carbocycles. The first kappa shape index (κ1) is 16.0. The highest BCUT2D eigenvalue weighted by atomic mass is 35.5. The maximum Gasteiger partial charge on any atom is 0.287 e. The molecule has 1 aromatic heterocycles. The van der Waals surface area contributed by atoms with Gasteiger partial charge in [0.2, 0.25) is 0 Å². The zero-order valence-corrected chi connectivity index (χ0v) is 12.7. The molecule has 0 fully saturated rings. The lowest BCUT2D eigenvalue weighted by atomic mass is 9.93. The van der Waals surface area contributed by atoms with E-state index >= 15 is 0 Å². The highest BCUT2D eigenvalue weighted by molar-refractivity contribution is 6.32. The quantitative estimate of drug-likeness (QED) is 0.843. The van der Waals surface area contributed by atoms with Gasteiger partial charge in [-0.05, 0) is 26.7 Å². The first-order chi connectivity index (χ1) is 8.90. The van der Waals surface area contributed by atoms with Crippen molar-refractivity contribution >= 4 is 17.3 Å². The van der Waals surface area contributed by atoms with E-state index in [1.165, 1.54) is 4.68 Å². The van der Waals surface area contributed by atoms with Crippen molar-refractivity contribution in [2.75, 3.05) is 11.9 Å². The minimum Gasteiger partial charge on any atom is -0.394 e. The Labute approximate surface area is 118 Å². The molecule has 0 atom stereocenters. The average Bonchev–Trinajstić information content (AvgIpc) is 2.40. The van der Waals surface area contributed by atoms with Crippen molar-refractivity contribution in [3.05, 3.63) is 21.6 Å². The number of anilines is 1. The van der Waals surface area contributed by atoms with Crippen molar-refractivity contribution in [3.8, 4) is 0 Å². The summed E-state index contributed by atoms with van der Waals surface area (Å²) in [4.78, 5) is 12.0. The molecule has 0 amide bonds. The van der Waals surface area contributed by atoms with Crippen LogP contribution in [0.4, 0.5) is 5.69 Å². The van der Waals surface area contributed by atoms with Gasteiger partial charge in [-0.25, -0.2) is 4.68 Å². The molecule has 0 aliphatic carbocycles. The van der Waals surface area contributed by atoms with Crippen LogP contribution in [0.5, 0.6) is 0 Å². The van der Waals surface area contributed by atoms with Gasteiger partial charge < -0.3 is 10.4 Å². The summed E-state index contributed by atoms with van der Waals surface area (Å²) < 4.78 is 1.34. The zero-order chi connectivity index (χ0) is 14.6.